The second-order valence-corrected chi connectivity index (χ2v) is 3.52. The lowest BCUT2D eigenvalue weighted by molar-refractivity contribution is -0.130. The van der Waals surface area contributed by atoms with Gasteiger partial charge in [-0.15, -0.1) is 0 Å². The number of aromatic nitrogens is 3. The van der Waals surface area contributed by atoms with Gasteiger partial charge in [0.05, 0.1) is 25.1 Å². The molecule has 1 aromatic heterocycles. The highest BCUT2D eigenvalue weighted by Gasteiger charge is 2.23. The Hall–Kier alpha value is -1.23. The van der Waals surface area contributed by atoms with Crippen LogP contribution in [0.15, 0.2) is 6.20 Å². The minimum atomic E-state index is -0.0274. The number of Topliss-reactive ketones (excluding diaryl/α,β-unsaturated/α-hetero) is 1. The molecule has 2 rings (SSSR count). The van der Waals surface area contributed by atoms with Crippen LogP contribution in [0.1, 0.15) is 12.1 Å². The molecule has 0 spiro atoms. The molecule has 76 valence electrons. The van der Waals surface area contributed by atoms with Crippen LogP contribution in [0.25, 0.3) is 0 Å². The summed E-state index contributed by atoms with van der Waals surface area (Å²) >= 11 is 0. The van der Waals surface area contributed by atoms with Crippen LogP contribution in [0.2, 0.25) is 0 Å². The number of nitrogens with zero attached hydrogens (tertiary/aromatic N) is 3. The molecule has 1 aromatic rings. The van der Waals surface area contributed by atoms with E-state index in [0.717, 1.165) is 5.69 Å². The van der Waals surface area contributed by atoms with Gasteiger partial charge in [-0.05, 0) is 0 Å². The van der Waals surface area contributed by atoms with Crippen LogP contribution in [-0.2, 0) is 23.0 Å². The summed E-state index contributed by atoms with van der Waals surface area (Å²) in [5.74, 6) is 0.252. The summed E-state index contributed by atoms with van der Waals surface area (Å²) in [4.78, 5) is 13.0. The van der Waals surface area contributed by atoms with Crippen molar-refractivity contribution in [3.63, 3.8) is 0 Å². The maximum Gasteiger partial charge on any atom is 0.140 e. The molecular weight excluding hydrogens is 182 g/mol. The van der Waals surface area contributed by atoms with Gasteiger partial charge in [0.25, 0.3) is 0 Å². The van der Waals surface area contributed by atoms with Gasteiger partial charge in [-0.1, -0.05) is 0 Å². The van der Waals surface area contributed by atoms with Crippen molar-refractivity contribution in [1.29, 1.82) is 0 Å². The van der Waals surface area contributed by atoms with Crippen molar-refractivity contribution in [1.82, 2.24) is 15.0 Å². The Morgan fingerprint density at radius 2 is 2.57 bits per heavy atom. The fourth-order valence-electron chi connectivity index (χ4n) is 1.60. The molecule has 0 bridgehead atoms. The molecular formula is C9H13N3O2. The van der Waals surface area contributed by atoms with Crippen molar-refractivity contribution in [2.75, 3.05) is 13.2 Å². The molecule has 1 atom stereocenters. The Labute approximate surface area is 82.1 Å². The van der Waals surface area contributed by atoms with Crippen LogP contribution in [0.4, 0.5) is 0 Å². The zero-order valence-corrected chi connectivity index (χ0v) is 8.14. The highest BCUT2D eigenvalue weighted by Crippen LogP contribution is 2.14. The van der Waals surface area contributed by atoms with E-state index in [1.807, 2.05) is 0 Å². The molecule has 1 fully saturated rings. The molecule has 0 aliphatic carbocycles. The second kappa shape index (κ2) is 3.88. The largest absolute Gasteiger partial charge is 0.380 e. The predicted molar refractivity (Wildman–Crippen MR) is 48.6 cm³/mol. The number of ketones is 1. The average molecular weight is 195 g/mol. The van der Waals surface area contributed by atoms with E-state index in [9.17, 15) is 4.79 Å². The molecule has 0 radical (unpaired) electrons. The molecule has 0 amide bonds. The SMILES string of the molecule is Cn1ncc(CC2COCCC2=O)n1. The van der Waals surface area contributed by atoms with E-state index in [1.54, 1.807) is 13.2 Å². The van der Waals surface area contributed by atoms with E-state index >= 15 is 0 Å². The normalized spacial score (nSPS) is 22.6. The summed E-state index contributed by atoms with van der Waals surface area (Å²) < 4.78 is 5.26. The van der Waals surface area contributed by atoms with Crippen LogP contribution in [-0.4, -0.2) is 34.0 Å². The third-order valence-electron chi connectivity index (χ3n) is 2.37. The minimum Gasteiger partial charge on any atom is -0.380 e. The highest BCUT2D eigenvalue weighted by molar-refractivity contribution is 5.81. The first kappa shape index (κ1) is 9.33. The van der Waals surface area contributed by atoms with Crippen molar-refractivity contribution in [3.05, 3.63) is 11.9 Å². The lowest BCUT2D eigenvalue weighted by atomic mass is 9.96. The molecule has 5 heteroatoms. The van der Waals surface area contributed by atoms with Crippen molar-refractivity contribution in [3.8, 4) is 0 Å². The molecule has 0 saturated carbocycles. The van der Waals surface area contributed by atoms with Gasteiger partial charge in [-0.3, -0.25) is 4.79 Å². The Bertz CT molecular complexity index is 335. The molecule has 0 N–H and O–H groups in total. The molecule has 1 saturated heterocycles. The van der Waals surface area contributed by atoms with E-state index in [4.69, 9.17) is 4.74 Å². The zero-order valence-electron chi connectivity index (χ0n) is 8.14. The van der Waals surface area contributed by atoms with E-state index in [2.05, 4.69) is 10.2 Å². The number of carbonyl (C=O) groups excluding carboxylic acids is 1. The quantitative estimate of drug-likeness (QED) is 0.664. The Morgan fingerprint density at radius 3 is 3.21 bits per heavy atom. The van der Waals surface area contributed by atoms with Gasteiger partial charge >= 0.3 is 0 Å². The van der Waals surface area contributed by atoms with Crippen LogP contribution in [0.5, 0.6) is 0 Å². The summed E-state index contributed by atoms with van der Waals surface area (Å²) in [7, 11) is 1.77. The first-order valence-corrected chi connectivity index (χ1v) is 4.71. The molecule has 2 heterocycles. The van der Waals surface area contributed by atoms with Crippen molar-refractivity contribution in [2.24, 2.45) is 13.0 Å². The van der Waals surface area contributed by atoms with E-state index in [-0.39, 0.29) is 11.7 Å². The number of carbonyl (C=O) groups is 1. The molecule has 1 aliphatic heterocycles. The standard InChI is InChI=1S/C9H13N3O2/c1-12-10-5-8(11-12)4-7-6-14-3-2-9(7)13/h5,7H,2-4,6H2,1H3. The summed E-state index contributed by atoms with van der Waals surface area (Å²) in [6, 6.07) is 0. The van der Waals surface area contributed by atoms with Gasteiger partial charge in [0.15, 0.2) is 0 Å². The van der Waals surface area contributed by atoms with Crippen LogP contribution in [0.3, 0.4) is 0 Å². The van der Waals surface area contributed by atoms with Gasteiger partial charge in [-0.2, -0.15) is 15.0 Å². The molecule has 1 unspecified atom stereocenters. The van der Waals surface area contributed by atoms with Gasteiger partial charge < -0.3 is 4.74 Å². The third kappa shape index (κ3) is 1.98. The van der Waals surface area contributed by atoms with Gasteiger partial charge in [0.1, 0.15) is 5.78 Å². The molecule has 14 heavy (non-hydrogen) atoms. The Kier molecular flexibility index (Phi) is 2.58. The lowest BCUT2D eigenvalue weighted by Gasteiger charge is -2.19. The van der Waals surface area contributed by atoms with Crippen molar-refractivity contribution < 1.29 is 9.53 Å². The van der Waals surface area contributed by atoms with Crippen LogP contribution in [0, 0.1) is 5.92 Å². The fraction of sp³-hybridized carbons (Fsp3) is 0.667. The maximum atomic E-state index is 11.5. The molecule has 0 aromatic carbocycles. The molecule has 5 nitrogen and oxygen atoms in total. The van der Waals surface area contributed by atoms with Crippen LogP contribution < -0.4 is 0 Å². The Morgan fingerprint density at radius 1 is 1.71 bits per heavy atom. The number of ether oxygens (including phenoxy) is 1. The van der Waals surface area contributed by atoms with Gasteiger partial charge in [0.2, 0.25) is 0 Å². The average Bonchev–Trinajstić information content (AvgIpc) is 2.56. The summed E-state index contributed by atoms with van der Waals surface area (Å²) in [5, 5.41) is 8.10. The number of hydrogen-bond acceptors (Lipinski definition) is 4. The van der Waals surface area contributed by atoms with E-state index in [1.165, 1.54) is 4.80 Å². The van der Waals surface area contributed by atoms with E-state index < -0.39 is 0 Å². The number of hydrogen-bond donors (Lipinski definition) is 0. The first-order chi connectivity index (χ1) is 6.75. The smallest absolute Gasteiger partial charge is 0.140 e. The first-order valence-electron chi connectivity index (χ1n) is 4.71. The van der Waals surface area contributed by atoms with Gasteiger partial charge in [0, 0.05) is 25.8 Å². The van der Waals surface area contributed by atoms with Crippen molar-refractivity contribution in [2.45, 2.75) is 12.8 Å². The monoisotopic (exact) mass is 195 g/mol. The number of aryl methyl sites for hydroxylation is 1. The lowest BCUT2D eigenvalue weighted by Crippen LogP contribution is -2.29. The summed E-state index contributed by atoms with van der Waals surface area (Å²) in [6.07, 6.45) is 2.87. The molecule has 1 aliphatic rings. The Balaban J connectivity index is 1.99. The number of rotatable bonds is 2. The zero-order chi connectivity index (χ0) is 9.97. The third-order valence-corrected chi connectivity index (χ3v) is 2.37. The topological polar surface area (TPSA) is 57.0 Å². The maximum absolute atomic E-state index is 11.5. The highest BCUT2D eigenvalue weighted by atomic mass is 16.5. The minimum absolute atomic E-state index is 0.0274. The summed E-state index contributed by atoms with van der Waals surface area (Å²) in [6.45, 7) is 1.09. The van der Waals surface area contributed by atoms with Gasteiger partial charge in [-0.25, -0.2) is 0 Å². The van der Waals surface area contributed by atoms with E-state index in [0.29, 0.717) is 26.1 Å². The summed E-state index contributed by atoms with van der Waals surface area (Å²) in [5.41, 5.74) is 0.858. The second-order valence-electron chi connectivity index (χ2n) is 3.52. The van der Waals surface area contributed by atoms with Crippen LogP contribution >= 0.6 is 0 Å². The fourth-order valence-corrected chi connectivity index (χ4v) is 1.60. The van der Waals surface area contributed by atoms with Crippen molar-refractivity contribution >= 4 is 5.78 Å². The predicted octanol–water partition coefficient (Wildman–Crippen LogP) is -0.0368.